The molecule has 14 aliphatic rings. The number of hydrogen-bond acceptors (Lipinski definition) is 7. The summed E-state index contributed by atoms with van der Waals surface area (Å²) in [6.07, 6.45) is 60.1. The molecule has 3 saturated heterocycles. The van der Waals surface area contributed by atoms with E-state index in [9.17, 15) is 5.26 Å². The van der Waals surface area contributed by atoms with Gasteiger partial charge in [0.05, 0.1) is 30.0 Å². The maximum atomic E-state index is 11.7. The number of hydrogen-bond donors (Lipinski definition) is 2. The standard InChI is InChI=1S/C60H79N5OS/c61-35-37-33-44(46-30-29-45(62-60(63-46)36-15-2-1-3-16-36)40-22-14-27-54-57(40)42-20-7-12-26-53(42)66-54)52(34-51(37)64-47-23-9-4-17-38(47)39-18-5-10-24-48(39)64)65-49-25-11-6-19-41(49)58-50(65)31-32-56-59(58)43-21-8-13-28-55(43)67-56/h4,6-7,11-13,17,19,25,27-30,36-49,51-53,55-57,59-60,62-63H,1-3,5,8-10,14-16,18,20-24,26,31-34H2. The SMILES string of the molecule is N#CC1CC(C2C=CC(C3CCC=C4OC5CC=CCC5C43)NC(C3CCCCC3)N2)C(N2C3=C(C4C=CC=CC42)C2C(CC3)SC3C=CCCC32)CC1N1C2CCC=CC2C2CCCCC21. The Morgan fingerprint density at radius 1 is 0.642 bits per heavy atom. The molecule has 3 saturated carbocycles. The van der Waals surface area contributed by atoms with E-state index in [1.165, 1.54) is 108 Å². The van der Waals surface area contributed by atoms with Gasteiger partial charge in [-0.1, -0.05) is 105 Å². The Morgan fingerprint density at radius 3 is 2.36 bits per heavy atom. The first-order valence-electron chi connectivity index (χ1n) is 28.4. The van der Waals surface area contributed by atoms with E-state index in [-0.39, 0.29) is 18.1 Å². The second-order valence-electron chi connectivity index (χ2n) is 24.4. The zero-order chi connectivity index (χ0) is 44.2. The van der Waals surface area contributed by atoms with E-state index in [0.717, 1.165) is 49.2 Å². The van der Waals surface area contributed by atoms with Crippen LogP contribution >= 0.6 is 11.8 Å². The van der Waals surface area contributed by atoms with E-state index >= 15 is 0 Å². The molecule has 0 aromatic carbocycles. The molecule has 21 unspecified atom stereocenters. The molecular weight excluding hydrogens is 839 g/mol. The van der Waals surface area contributed by atoms with E-state index in [4.69, 9.17) is 4.74 Å². The minimum atomic E-state index is 0.0483. The molecule has 9 aliphatic carbocycles. The highest BCUT2D eigenvalue weighted by Crippen LogP contribution is 2.62. The lowest BCUT2D eigenvalue weighted by molar-refractivity contribution is -0.00880. The Kier molecular flexibility index (Phi) is 11.5. The van der Waals surface area contributed by atoms with Gasteiger partial charge in [0.1, 0.15) is 6.10 Å². The molecule has 21 atom stereocenters. The summed E-state index contributed by atoms with van der Waals surface area (Å²) in [4.78, 5) is 6.24. The van der Waals surface area contributed by atoms with Gasteiger partial charge in [0.2, 0.25) is 0 Å². The molecule has 0 radical (unpaired) electrons. The van der Waals surface area contributed by atoms with Crippen molar-refractivity contribution in [3.8, 4) is 6.07 Å². The number of ether oxygens (including phenoxy) is 1. The van der Waals surface area contributed by atoms with Gasteiger partial charge in [0, 0.05) is 76.6 Å². The van der Waals surface area contributed by atoms with Gasteiger partial charge in [0.15, 0.2) is 0 Å². The summed E-state index contributed by atoms with van der Waals surface area (Å²) in [5.41, 5.74) is 3.60. The van der Waals surface area contributed by atoms with E-state index < -0.39 is 0 Å². The van der Waals surface area contributed by atoms with Crippen LogP contribution in [-0.4, -0.2) is 74.9 Å². The molecule has 6 nitrogen and oxygen atoms in total. The molecular formula is C60H79N5OS. The molecule has 67 heavy (non-hydrogen) atoms. The number of rotatable bonds is 5. The van der Waals surface area contributed by atoms with Crippen molar-refractivity contribution in [2.24, 2.45) is 65.1 Å². The lowest BCUT2D eigenvalue weighted by atomic mass is 9.68. The zero-order valence-electron chi connectivity index (χ0n) is 40.2. The predicted molar refractivity (Wildman–Crippen MR) is 271 cm³/mol. The number of likely N-dealkylation sites (tertiary alicyclic amines) is 1. The summed E-state index contributed by atoms with van der Waals surface area (Å²) in [6, 6.07) is 6.02. The molecule has 356 valence electrons. The van der Waals surface area contributed by atoms with Gasteiger partial charge in [-0.2, -0.15) is 17.0 Å². The van der Waals surface area contributed by atoms with Crippen molar-refractivity contribution >= 4 is 11.8 Å². The number of nitrogens with one attached hydrogen (secondary N) is 2. The van der Waals surface area contributed by atoms with E-state index in [0.29, 0.717) is 94.9 Å². The third kappa shape index (κ3) is 7.14. The Hall–Kier alpha value is -2.76. The van der Waals surface area contributed by atoms with Crippen molar-refractivity contribution in [2.45, 2.75) is 200 Å². The fraction of sp³-hybridized carbons (Fsp3) is 0.717. The average Bonchev–Trinajstić information content (AvgIpc) is 4.10. The largest absolute Gasteiger partial charge is 0.494 e. The van der Waals surface area contributed by atoms with Crippen molar-refractivity contribution in [1.82, 2.24) is 20.4 Å². The van der Waals surface area contributed by atoms with Crippen molar-refractivity contribution in [3.63, 3.8) is 0 Å². The van der Waals surface area contributed by atoms with Crippen LogP contribution in [0.1, 0.15) is 135 Å². The van der Waals surface area contributed by atoms with E-state index in [1.54, 1.807) is 5.70 Å². The van der Waals surface area contributed by atoms with E-state index in [1.807, 2.05) is 5.57 Å². The van der Waals surface area contributed by atoms with Crippen LogP contribution in [0.2, 0.25) is 0 Å². The second kappa shape index (κ2) is 17.8. The van der Waals surface area contributed by atoms with Gasteiger partial charge in [-0.15, -0.1) is 0 Å². The Balaban J connectivity index is 0.870. The number of nitriles is 1. The number of nitrogens with zero attached hydrogens (tertiary/aromatic N) is 3. The summed E-state index contributed by atoms with van der Waals surface area (Å²) in [6.45, 7) is 0. The molecule has 7 heteroatoms. The van der Waals surface area contributed by atoms with Crippen LogP contribution in [0, 0.1) is 76.4 Å². The van der Waals surface area contributed by atoms with Crippen LogP contribution < -0.4 is 10.6 Å². The van der Waals surface area contributed by atoms with Crippen LogP contribution in [0.25, 0.3) is 0 Å². The zero-order valence-corrected chi connectivity index (χ0v) is 41.0. The van der Waals surface area contributed by atoms with Crippen LogP contribution in [0.4, 0.5) is 0 Å². The van der Waals surface area contributed by atoms with Crippen molar-refractivity contribution in [2.75, 3.05) is 0 Å². The summed E-state index contributed by atoms with van der Waals surface area (Å²) >= 11 is 2.34. The molecule has 5 heterocycles. The first-order chi connectivity index (χ1) is 33.2. The minimum Gasteiger partial charge on any atom is -0.494 e. The number of allylic oxidation sites excluding steroid dienone is 8. The first kappa shape index (κ1) is 43.1. The normalized spacial score (nSPS) is 49.6. The lowest BCUT2D eigenvalue weighted by Gasteiger charge is -2.53. The topological polar surface area (TPSA) is 63.6 Å². The highest BCUT2D eigenvalue weighted by Gasteiger charge is 2.59. The van der Waals surface area contributed by atoms with E-state index in [2.05, 4.69) is 117 Å². The molecule has 0 spiro atoms. The van der Waals surface area contributed by atoms with Gasteiger partial charge in [-0.3, -0.25) is 15.5 Å². The fourth-order valence-corrected chi connectivity index (χ4v) is 20.8. The molecule has 2 N–H and O–H groups in total. The summed E-state index contributed by atoms with van der Waals surface area (Å²) in [5, 5.41) is 22.1. The minimum absolute atomic E-state index is 0.0483. The summed E-state index contributed by atoms with van der Waals surface area (Å²) in [7, 11) is 0. The average molecular weight is 918 g/mol. The highest BCUT2D eigenvalue weighted by atomic mass is 32.2. The quantitative estimate of drug-likeness (QED) is 0.266. The molecule has 0 aromatic rings. The summed E-state index contributed by atoms with van der Waals surface area (Å²) in [5.74, 6) is 7.39. The predicted octanol–water partition coefficient (Wildman–Crippen LogP) is 11.7. The molecule has 0 amide bonds. The van der Waals surface area contributed by atoms with Gasteiger partial charge >= 0.3 is 0 Å². The summed E-state index contributed by atoms with van der Waals surface area (Å²) < 4.78 is 6.82. The van der Waals surface area contributed by atoms with Gasteiger partial charge in [-0.25, -0.2) is 0 Å². The fourth-order valence-electron chi connectivity index (χ4n) is 18.9. The van der Waals surface area contributed by atoms with Crippen LogP contribution in [0.15, 0.2) is 96.0 Å². The Labute approximate surface area is 407 Å². The van der Waals surface area contributed by atoms with Gasteiger partial charge in [0.25, 0.3) is 0 Å². The van der Waals surface area contributed by atoms with Gasteiger partial charge < -0.3 is 9.64 Å². The lowest BCUT2D eigenvalue weighted by Crippen LogP contribution is -2.62. The number of fused-ring (bicyclic) bond motifs is 12. The monoisotopic (exact) mass is 918 g/mol. The molecule has 5 aliphatic heterocycles. The Bertz CT molecular complexity index is 2190. The highest BCUT2D eigenvalue weighted by molar-refractivity contribution is 8.01. The Morgan fingerprint density at radius 2 is 1.45 bits per heavy atom. The second-order valence-corrected chi connectivity index (χ2v) is 25.8. The van der Waals surface area contributed by atoms with Crippen molar-refractivity contribution in [3.05, 3.63) is 96.0 Å². The van der Waals surface area contributed by atoms with Crippen LogP contribution in [-0.2, 0) is 4.74 Å². The molecule has 0 bridgehead atoms. The maximum absolute atomic E-state index is 11.7. The van der Waals surface area contributed by atoms with Crippen LogP contribution in [0.5, 0.6) is 0 Å². The smallest absolute Gasteiger partial charge is 0.105 e. The first-order valence-corrected chi connectivity index (χ1v) is 29.4. The van der Waals surface area contributed by atoms with Crippen molar-refractivity contribution < 1.29 is 4.74 Å². The third-order valence-electron chi connectivity index (χ3n) is 21.5. The molecule has 0 aromatic heterocycles. The van der Waals surface area contributed by atoms with Crippen LogP contribution in [0.3, 0.4) is 0 Å². The van der Waals surface area contributed by atoms with Crippen molar-refractivity contribution in [1.29, 1.82) is 5.26 Å². The maximum Gasteiger partial charge on any atom is 0.105 e. The molecule has 14 rings (SSSR count). The molecule has 6 fully saturated rings. The number of thioether (sulfide) groups is 1. The third-order valence-corrected chi connectivity index (χ3v) is 23.2. The van der Waals surface area contributed by atoms with Gasteiger partial charge in [-0.05, 0) is 149 Å².